The number of aromatic nitrogens is 1. The van der Waals surface area contributed by atoms with E-state index < -0.39 is 10.0 Å². The molecule has 3 rings (SSSR count). The summed E-state index contributed by atoms with van der Waals surface area (Å²) in [4.78, 5) is 11.5. The lowest BCUT2D eigenvalue weighted by Crippen LogP contribution is -2.31. The molecule has 1 aliphatic rings. The Morgan fingerprint density at radius 3 is 2.68 bits per heavy atom. The van der Waals surface area contributed by atoms with Gasteiger partial charge in [-0.25, -0.2) is 13.1 Å². The van der Waals surface area contributed by atoms with Gasteiger partial charge in [0.25, 0.3) is 0 Å². The molecule has 2 aromatic rings. The van der Waals surface area contributed by atoms with E-state index in [-0.39, 0.29) is 23.5 Å². The molecule has 1 atom stereocenters. The number of nitrogens with one attached hydrogen (secondary N) is 2. The van der Waals surface area contributed by atoms with Crippen molar-refractivity contribution in [3.05, 3.63) is 41.3 Å². The Hall–Kier alpha value is -2.49. The Bertz CT molecular complexity index is 958. The van der Waals surface area contributed by atoms with Gasteiger partial charge in [-0.15, -0.1) is 0 Å². The van der Waals surface area contributed by atoms with Gasteiger partial charge in [-0.05, 0) is 43.5 Å². The molecule has 0 spiro atoms. The fourth-order valence-electron chi connectivity index (χ4n) is 2.85. The van der Waals surface area contributed by atoms with Crippen molar-refractivity contribution in [1.82, 2.24) is 9.88 Å². The summed E-state index contributed by atoms with van der Waals surface area (Å²) in [6.45, 7) is 4.10. The lowest BCUT2D eigenvalue weighted by Gasteiger charge is -2.11. The van der Waals surface area contributed by atoms with E-state index in [1.54, 1.807) is 31.2 Å². The highest BCUT2D eigenvalue weighted by atomic mass is 32.2. The van der Waals surface area contributed by atoms with Crippen LogP contribution in [0.4, 0.5) is 5.69 Å². The van der Waals surface area contributed by atoms with Crippen LogP contribution in [0.5, 0.6) is 0 Å². The lowest BCUT2D eigenvalue weighted by molar-refractivity contribution is -0.114. The standard InChI is InChI=1S/C19H23N3O5S/c1-13-19(21-14(2)23)18(27-22-13)10-7-15-5-8-17(9-6-15)28(24,25)20-12-16-4-3-11-26-16/h5-10,16,20H,3-4,11-12H2,1-2H3,(H,21,23)/b10-7-/t16-/m0/s1. The molecule has 9 heteroatoms. The molecule has 8 nitrogen and oxygen atoms in total. The first-order chi connectivity index (χ1) is 13.3. The van der Waals surface area contributed by atoms with E-state index in [9.17, 15) is 13.2 Å². The van der Waals surface area contributed by atoms with Gasteiger partial charge in [-0.3, -0.25) is 4.79 Å². The fourth-order valence-corrected chi connectivity index (χ4v) is 3.92. The van der Waals surface area contributed by atoms with Crippen LogP contribution in [0.2, 0.25) is 0 Å². The summed E-state index contributed by atoms with van der Waals surface area (Å²) in [5.41, 5.74) is 1.87. The van der Waals surface area contributed by atoms with Crippen LogP contribution in [0.25, 0.3) is 12.2 Å². The van der Waals surface area contributed by atoms with E-state index in [1.165, 1.54) is 19.1 Å². The van der Waals surface area contributed by atoms with Crippen molar-refractivity contribution in [2.24, 2.45) is 0 Å². The molecule has 1 saturated heterocycles. The molecular weight excluding hydrogens is 382 g/mol. The lowest BCUT2D eigenvalue weighted by atomic mass is 10.2. The molecule has 1 fully saturated rings. The molecule has 0 radical (unpaired) electrons. The number of sulfonamides is 1. The smallest absolute Gasteiger partial charge is 0.240 e. The van der Waals surface area contributed by atoms with Crippen molar-refractivity contribution in [3.8, 4) is 0 Å². The Morgan fingerprint density at radius 1 is 1.29 bits per heavy atom. The van der Waals surface area contributed by atoms with Gasteiger partial charge in [0, 0.05) is 20.1 Å². The number of anilines is 1. The van der Waals surface area contributed by atoms with Crippen LogP contribution in [0.3, 0.4) is 0 Å². The largest absolute Gasteiger partial charge is 0.377 e. The first-order valence-corrected chi connectivity index (χ1v) is 10.5. The highest BCUT2D eigenvalue weighted by Gasteiger charge is 2.20. The predicted molar refractivity (Wildman–Crippen MR) is 105 cm³/mol. The minimum atomic E-state index is -3.58. The number of amides is 1. The molecular formula is C19H23N3O5S. The Kier molecular flexibility index (Phi) is 6.28. The molecule has 150 valence electrons. The molecule has 2 N–H and O–H groups in total. The van der Waals surface area contributed by atoms with E-state index in [2.05, 4.69) is 15.2 Å². The maximum absolute atomic E-state index is 12.4. The van der Waals surface area contributed by atoms with Gasteiger partial charge >= 0.3 is 0 Å². The van der Waals surface area contributed by atoms with Gasteiger partial charge in [0.15, 0.2) is 5.76 Å². The van der Waals surface area contributed by atoms with Gasteiger partial charge in [-0.1, -0.05) is 23.4 Å². The van der Waals surface area contributed by atoms with Crippen LogP contribution in [0.15, 0.2) is 33.7 Å². The Labute approximate surface area is 164 Å². The molecule has 1 aromatic carbocycles. The normalized spacial score (nSPS) is 17.3. The Balaban J connectivity index is 1.67. The van der Waals surface area contributed by atoms with Gasteiger partial charge < -0.3 is 14.6 Å². The number of ether oxygens (including phenoxy) is 1. The number of aryl methyl sites for hydroxylation is 1. The van der Waals surface area contributed by atoms with Crippen molar-refractivity contribution >= 4 is 33.8 Å². The highest BCUT2D eigenvalue weighted by molar-refractivity contribution is 7.89. The predicted octanol–water partition coefficient (Wildman–Crippen LogP) is 2.57. The summed E-state index contributed by atoms with van der Waals surface area (Å²) in [7, 11) is -3.58. The molecule has 28 heavy (non-hydrogen) atoms. The molecule has 1 aliphatic heterocycles. The summed E-state index contributed by atoms with van der Waals surface area (Å²) < 4.78 is 38.0. The van der Waals surface area contributed by atoms with Crippen LogP contribution >= 0.6 is 0 Å². The highest BCUT2D eigenvalue weighted by Crippen LogP contribution is 2.23. The van der Waals surface area contributed by atoms with Crippen molar-refractivity contribution in [2.45, 2.75) is 37.7 Å². The second-order valence-electron chi connectivity index (χ2n) is 6.58. The number of hydrogen-bond acceptors (Lipinski definition) is 6. The quantitative estimate of drug-likeness (QED) is 0.732. The minimum Gasteiger partial charge on any atom is -0.377 e. The number of carbonyl (C=O) groups is 1. The van der Waals surface area contributed by atoms with Crippen LogP contribution < -0.4 is 10.0 Å². The first kappa shape index (κ1) is 20.2. The first-order valence-electron chi connectivity index (χ1n) is 8.98. The SMILES string of the molecule is CC(=O)Nc1c(C)noc1/C=C\c1ccc(S(=O)(=O)NC[C@@H]2CCCO2)cc1. The topological polar surface area (TPSA) is 111 Å². The summed E-state index contributed by atoms with van der Waals surface area (Å²) in [5, 5.41) is 6.52. The summed E-state index contributed by atoms with van der Waals surface area (Å²) >= 11 is 0. The minimum absolute atomic E-state index is 0.0554. The van der Waals surface area contributed by atoms with E-state index in [0.29, 0.717) is 23.7 Å². The van der Waals surface area contributed by atoms with Gasteiger partial charge in [-0.2, -0.15) is 0 Å². The molecule has 0 saturated carbocycles. The zero-order valence-corrected chi connectivity index (χ0v) is 16.6. The fraction of sp³-hybridized carbons (Fsp3) is 0.368. The van der Waals surface area contributed by atoms with Crippen molar-refractivity contribution in [3.63, 3.8) is 0 Å². The number of nitrogens with zero attached hydrogens (tertiary/aromatic N) is 1. The van der Waals surface area contributed by atoms with Gasteiger partial charge in [0.1, 0.15) is 11.4 Å². The number of hydrogen-bond donors (Lipinski definition) is 2. The average Bonchev–Trinajstić information content (AvgIpc) is 3.29. The molecule has 1 aromatic heterocycles. The number of benzene rings is 1. The molecule has 0 bridgehead atoms. The number of carbonyl (C=O) groups excluding carboxylic acids is 1. The van der Waals surface area contributed by atoms with Crippen LogP contribution in [0.1, 0.15) is 36.8 Å². The van der Waals surface area contributed by atoms with E-state index in [4.69, 9.17) is 9.26 Å². The van der Waals surface area contributed by atoms with Gasteiger partial charge in [0.05, 0.1) is 11.0 Å². The molecule has 1 amide bonds. The number of rotatable bonds is 7. The second-order valence-corrected chi connectivity index (χ2v) is 8.34. The Morgan fingerprint density at radius 2 is 2.04 bits per heavy atom. The average molecular weight is 405 g/mol. The van der Waals surface area contributed by atoms with Crippen molar-refractivity contribution in [2.75, 3.05) is 18.5 Å². The van der Waals surface area contributed by atoms with E-state index in [0.717, 1.165) is 18.4 Å². The van der Waals surface area contributed by atoms with Crippen molar-refractivity contribution in [1.29, 1.82) is 0 Å². The maximum atomic E-state index is 12.4. The maximum Gasteiger partial charge on any atom is 0.240 e. The summed E-state index contributed by atoms with van der Waals surface area (Å²) in [5.74, 6) is 0.202. The zero-order valence-electron chi connectivity index (χ0n) is 15.8. The van der Waals surface area contributed by atoms with Crippen LogP contribution in [-0.2, 0) is 19.6 Å². The van der Waals surface area contributed by atoms with E-state index in [1.807, 2.05) is 0 Å². The molecule has 0 aliphatic carbocycles. The zero-order chi connectivity index (χ0) is 20.1. The molecule has 0 unspecified atom stereocenters. The summed E-state index contributed by atoms with van der Waals surface area (Å²) in [6.07, 6.45) is 5.20. The van der Waals surface area contributed by atoms with Gasteiger partial charge in [0.2, 0.25) is 15.9 Å². The second kappa shape index (κ2) is 8.68. The summed E-state index contributed by atoms with van der Waals surface area (Å²) in [6, 6.07) is 6.46. The van der Waals surface area contributed by atoms with Crippen molar-refractivity contribution < 1.29 is 22.5 Å². The third-order valence-corrected chi connectivity index (χ3v) is 5.77. The van der Waals surface area contributed by atoms with E-state index >= 15 is 0 Å². The third kappa shape index (κ3) is 5.06. The monoisotopic (exact) mass is 405 g/mol. The molecule has 2 heterocycles. The van der Waals surface area contributed by atoms with Crippen LogP contribution in [0, 0.1) is 6.92 Å². The third-order valence-electron chi connectivity index (χ3n) is 4.33. The van der Waals surface area contributed by atoms with Crippen LogP contribution in [-0.4, -0.2) is 38.7 Å².